The van der Waals surface area contributed by atoms with E-state index in [4.69, 9.17) is 0 Å². The Labute approximate surface area is 165 Å². The fraction of sp³-hybridized carbons (Fsp3) is 0.300. The van der Waals surface area contributed by atoms with Crippen LogP contribution in [0.5, 0.6) is 0 Å². The summed E-state index contributed by atoms with van der Waals surface area (Å²) in [5.41, 5.74) is 2.77. The predicted octanol–water partition coefficient (Wildman–Crippen LogP) is 0.0919. The summed E-state index contributed by atoms with van der Waals surface area (Å²) in [7, 11) is -3.36. The van der Waals surface area contributed by atoms with Gasteiger partial charge in [-0.3, -0.25) is 0 Å². The van der Waals surface area contributed by atoms with Crippen LogP contribution in [0.2, 0.25) is 0 Å². The second-order valence-corrected chi connectivity index (χ2v) is 11.0. The zero-order valence-electron chi connectivity index (χ0n) is 14.5. The van der Waals surface area contributed by atoms with Gasteiger partial charge in [0.2, 0.25) is 0 Å². The average Bonchev–Trinajstić information content (AvgIpc) is 3.22. The fourth-order valence-corrected chi connectivity index (χ4v) is 6.72. The number of sulfonamides is 1. The molecule has 0 amide bonds. The van der Waals surface area contributed by atoms with Crippen LogP contribution in [0.3, 0.4) is 0 Å². The van der Waals surface area contributed by atoms with Crippen molar-refractivity contribution in [3.8, 4) is 0 Å². The van der Waals surface area contributed by atoms with Crippen LogP contribution in [0, 0.1) is 0 Å². The summed E-state index contributed by atoms with van der Waals surface area (Å²) in [6.45, 7) is 5.25. The molecule has 2 aromatic rings. The van der Waals surface area contributed by atoms with Gasteiger partial charge in [-0.15, -0.1) is 0 Å². The number of aliphatic hydroxyl groups excluding tert-OH is 1. The van der Waals surface area contributed by atoms with Crippen LogP contribution in [0.15, 0.2) is 66.1 Å². The molecule has 0 saturated carbocycles. The molecule has 1 heterocycles. The SMILES string of the molecule is C=C(c1ccccc1)C(O)[I-]Cc1ccc(S(=O)(=O)N2CCCC2)cc1. The molecule has 6 heteroatoms. The minimum atomic E-state index is -3.36. The molecule has 0 radical (unpaired) electrons. The van der Waals surface area contributed by atoms with Crippen molar-refractivity contribution in [1.82, 2.24) is 4.31 Å². The van der Waals surface area contributed by atoms with Gasteiger partial charge >= 0.3 is 166 Å². The zero-order valence-corrected chi connectivity index (χ0v) is 17.5. The Bertz CT molecular complexity index is 844. The van der Waals surface area contributed by atoms with Crippen molar-refractivity contribution < 1.29 is 34.7 Å². The molecule has 0 spiro atoms. The predicted molar refractivity (Wildman–Crippen MR) is 99.6 cm³/mol. The van der Waals surface area contributed by atoms with Crippen molar-refractivity contribution in [2.45, 2.75) is 26.3 Å². The number of aliphatic hydroxyl groups is 1. The van der Waals surface area contributed by atoms with Crippen molar-refractivity contribution in [3.05, 3.63) is 72.3 Å². The monoisotopic (exact) mass is 484 g/mol. The third-order valence-corrected chi connectivity index (χ3v) is 9.26. The molecule has 2 aromatic carbocycles. The summed E-state index contributed by atoms with van der Waals surface area (Å²) in [5.74, 6) is 0. The van der Waals surface area contributed by atoms with Gasteiger partial charge in [0.1, 0.15) is 0 Å². The van der Waals surface area contributed by atoms with Gasteiger partial charge in [0.25, 0.3) is 0 Å². The summed E-state index contributed by atoms with van der Waals surface area (Å²) >= 11 is -0.534. The first-order valence-corrected chi connectivity index (χ1v) is 12.8. The summed E-state index contributed by atoms with van der Waals surface area (Å²) in [5, 5.41) is 10.4. The fourth-order valence-electron chi connectivity index (χ4n) is 2.87. The Morgan fingerprint density at radius 3 is 2.31 bits per heavy atom. The van der Waals surface area contributed by atoms with Crippen LogP contribution in [0.4, 0.5) is 0 Å². The van der Waals surface area contributed by atoms with E-state index >= 15 is 0 Å². The number of rotatable bonds is 7. The number of nitrogens with zero attached hydrogens (tertiary/aromatic N) is 1. The maximum atomic E-state index is 12.5. The van der Waals surface area contributed by atoms with E-state index in [0.717, 1.165) is 34.0 Å². The molecule has 1 N–H and O–H groups in total. The first-order chi connectivity index (χ1) is 12.5. The average molecular weight is 484 g/mol. The number of hydrogen-bond acceptors (Lipinski definition) is 3. The van der Waals surface area contributed by atoms with Gasteiger partial charge in [-0.25, -0.2) is 0 Å². The van der Waals surface area contributed by atoms with E-state index in [2.05, 4.69) is 6.58 Å². The van der Waals surface area contributed by atoms with Gasteiger partial charge in [-0.2, -0.15) is 0 Å². The van der Waals surface area contributed by atoms with Crippen molar-refractivity contribution in [1.29, 1.82) is 0 Å². The molecule has 1 aliphatic heterocycles. The van der Waals surface area contributed by atoms with E-state index in [0.29, 0.717) is 18.0 Å². The van der Waals surface area contributed by atoms with Crippen molar-refractivity contribution in [2.24, 2.45) is 0 Å². The van der Waals surface area contributed by atoms with E-state index in [9.17, 15) is 13.5 Å². The summed E-state index contributed by atoms with van der Waals surface area (Å²) in [6, 6.07) is 16.8. The third kappa shape index (κ3) is 4.54. The Balaban J connectivity index is 1.60. The van der Waals surface area contributed by atoms with Crippen molar-refractivity contribution in [2.75, 3.05) is 13.1 Å². The second kappa shape index (κ2) is 8.65. The quantitative estimate of drug-likeness (QED) is 0.448. The molecule has 1 unspecified atom stereocenters. The molecule has 4 nitrogen and oxygen atoms in total. The Morgan fingerprint density at radius 2 is 1.69 bits per heavy atom. The van der Waals surface area contributed by atoms with Gasteiger partial charge in [-0.05, 0) is 0 Å². The van der Waals surface area contributed by atoms with Gasteiger partial charge in [0.05, 0.1) is 0 Å². The molecule has 140 valence electrons. The molecular formula is C20H23INO3S-. The molecule has 3 rings (SSSR count). The number of hydrogen-bond donors (Lipinski definition) is 1. The number of alkyl halides is 2. The molecule has 0 bridgehead atoms. The summed E-state index contributed by atoms with van der Waals surface area (Å²) < 4.78 is 26.9. The van der Waals surface area contributed by atoms with E-state index in [1.807, 2.05) is 42.5 Å². The Hall–Kier alpha value is -1.22. The maximum absolute atomic E-state index is 12.5. The standard InChI is InChI=1S/C20H23INO3S/c1-16(18-7-3-2-4-8-18)20(23)21-15-17-9-11-19(12-10-17)26(24,25)22-13-5-6-14-22/h2-4,7-12,20,23H,1,5-6,13-15H2/q-1. The molecular weight excluding hydrogens is 461 g/mol. The Kier molecular flexibility index (Phi) is 6.50. The van der Waals surface area contributed by atoms with Crippen LogP contribution in [-0.4, -0.2) is 35.0 Å². The molecule has 26 heavy (non-hydrogen) atoms. The normalized spacial score (nSPS) is 16.7. The summed E-state index contributed by atoms with van der Waals surface area (Å²) in [6.07, 6.45) is 1.87. The third-order valence-electron chi connectivity index (χ3n) is 4.44. The van der Waals surface area contributed by atoms with Gasteiger partial charge in [-0.1, -0.05) is 0 Å². The molecule has 1 aliphatic rings. The minimum absolute atomic E-state index is 0.357. The molecule has 0 aromatic heterocycles. The molecule has 1 fully saturated rings. The molecule has 0 aliphatic carbocycles. The first-order valence-electron chi connectivity index (χ1n) is 8.57. The molecule has 1 saturated heterocycles. The van der Waals surface area contributed by atoms with Crippen LogP contribution in [-0.2, 0) is 14.5 Å². The number of benzene rings is 2. The first kappa shape index (κ1) is 19.5. The van der Waals surface area contributed by atoms with Crippen LogP contribution in [0.25, 0.3) is 5.57 Å². The number of halogens is 1. The van der Waals surface area contributed by atoms with Crippen LogP contribution < -0.4 is 21.2 Å². The topological polar surface area (TPSA) is 57.6 Å². The molecule has 1 atom stereocenters. The summed E-state index contributed by atoms with van der Waals surface area (Å²) in [4.78, 5) is 0.357. The van der Waals surface area contributed by atoms with Gasteiger partial charge < -0.3 is 0 Å². The van der Waals surface area contributed by atoms with E-state index in [1.54, 1.807) is 16.4 Å². The van der Waals surface area contributed by atoms with Crippen molar-refractivity contribution >= 4 is 15.6 Å². The van der Waals surface area contributed by atoms with E-state index in [-0.39, 0.29) is 0 Å². The van der Waals surface area contributed by atoms with Gasteiger partial charge in [0.15, 0.2) is 0 Å². The Morgan fingerprint density at radius 1 is 1.08 bits per heavy atom. The van der Waals surface area contributed by atoms with E-state index in [1.165, 1.54) is 0 Å². The van der Waals surface area contributed by atoms with Crippen LogP contribution in [0.1, 0.15) is 24.0 Å². The second-order valence-electron chi connectivity index (χ2n) is 6.27. The van der Waals surface area contributed by atoms with Crippen molar-refractivity contribution in [3.63, 3.8) is 0 Å². The zero-order chi connectivity index (χ0) is 18.6. The van der Waals surface area contributed by atoms with Gasteiger partial charge in [0, 0.05) is 0 Å². The van der Waals surface area contributed by atoms with Crippen LogP contribution >= 0.6 is 0 Å². The van der Waals surface area contributed by atoms with E-state index < -0.39 is 35.3 Å².